The predicted molar refractivity (Wildman–Crippen MR) is 102 cm³/mol. The van der Waals surface area contributed by atoms with Gasteiger partial charge < -0.3 is 10.1 Å². The molecule has 0 fully saturated rings. The Hall–Kier alpha value is -3.41. The standard InChI is InChI=1S/C20H20N4O2/c1-14-5-4-6-16(13-14)21-20(25)24(3)17-8-10-18(11-9-17)26-19-12-7-15(2)22-23-19/h4-13H,1-3H3,(H,21,25). The zero-order chi connectivity index (χ0) is 18.5. The molecule has 0 spiro atoms. The van der Waals surface area contributed by atoms with Crippen LogP contribution in [0.5, 0.6) is 11.6 Å². The first-order valence-corrected chi connectivity index (χ1v) is 8.21. The number of amides is 2. The number of carbonyl (C=O) groups excluding carboxylic acids is 1. The number of hydrogen-bond acceptors (Lipinski definition) is 4. The van der Waals surface area contributed by atoms with Gasteiger partial charge >= 0.3 is 6.03 Å². The van der Waals surface area contributed by atoms with Gasteiger partial charge in [0.25, 0.3) is 0 Å². The Balaban J connectivity index is 1.65. The average Bonchev–Trinajstić information content (AvgIpc) is 2.64. The normalized spacial score (nSPS) is 10.3. The van der Waals surface area contributed by atoms with E-state index < -0.39 is 0 Å². The van der Waals surface area contributed by atoms with E-state index in [2.05, 4.69) is 15.5 Å². The number of aryl methyl sites for hydroxylation is 2. The number of nitrogens with zero attached hydrogens (tertiary/aromatic N) is 3. The van der Waals surface area contributed by atoms with Gasteiger partial charge in [-0.25, -0.2) is 4.79 Å². The molecule has 6 heteroatoms. The number of carbonyl (C=O) groups is 1. The van der Waals surface area contributed by atoms with Gasteiger partial charge in [0.05, 0.1) is 5.69 Å². The highest BCUT2D eigenvalue weighted by Crippen LogP contribution is 2.23. The minimum Gasteiger partial charge on any atom is -0.438 e. The number of rotatable bonds is 4. The molecule has 132 valence electrons. The predicted octanol–water partition coefficient (Wildman–Crippen LogP) is 4.55. The Bertz CT molecular complexity index is 892. The molecular formula is C20H20N4O2. The van der Waals surface area contributed by atoms with Crippen LogP contribution in [-0.4, -0.2) is 23.3 Å². The van der Waals surface area contributed by atoms with Crippen molar-refractivity contribution in [1.29, 1.82) is 0 Å². The van der Waals surface area contributed by atoms with Gasteiger partial charge in [0.15, 0.2) is 0 Å². The molecule has 0 saturated carbocycles. The van der Waals surface area contributed by atoms with Gasteiger partial charge in [0, 0.05) is 24.5 Å². The highest BCUT2D eigenvalue weighted by Gasteiger charge is 2.11. The first-order chi connectivity index (χ1) is 12.5. The van der Waals surface area contributed by atoms with Gasteiger partial charge in [-0.3, -0.25) is 4.90 Å². The average molecular weight is 348 g/mol. The molecule has 6 nitrogen and oxygen atoms in total. The number of anilines is 2. The van der Waals surface area contributed by atoms with Crippen molar-refractivity contribution < 1.29 is 9.53 Å². The quantitative estimate of drug-likeness (QED) is 0.751. The molecule has 1 aromatic heterocycles. The number of ether oxygens (including phenoxy) is 1. The first kappa shape index (κ1) is 17.4. The summed E-state index contributed by atoms with van der Waals surface area (Å²) in [5.41, 5.74) is 3.43. The van der Waals surface area contributed by atoms with Crippen LogP contribution in [0.1, 0.15) is 11.3 Å². The van der Waals surface area contributed by atoms with E-state index in [9.17, 15) is 4.79 Å². The van der Waals surface area contributed by atoms with Gasteiger partial charge in [-0.15, -0.1) is 5.10 Å². The number of benzene rings is 2. The van der Waals surface area contributed by atoms with Crippen molar-refractivity contribution >= 4 is 17.4 Å². The lowest BCUT2D eigenvalue weighted by Crippen LogP contribution is -2.31. The van der Waals surface area contributed by atoms with Crippen molar-refractivity contribution in [3.63, 3.8) is 0 Å². The lowest BCUT2D eigenvalue weighted by atomic mass is 10.2. The fourth-order valence-electron chi connectivity index (χ4n) is 2.35. The molecule has 0 unspecified atom stereocenters. The van der Waals surface area contributed by atoms with Gasteiger partial charge in [0.2, 0.25) is 5.88 Å². The van der Waals surface area contributed by atoms with Crippen LogP contribution >= 0.6 is 0 Å². The summed E-state index contributed by atoms with van der Waals surface area (Å²) in [7, 11) is 1.71. The summed E-state index contributed by atoms with van der Waals surface area (Å²) in [5, 5.41) is 10.8. The Morgan fingerprint density at radius 3 is 2.42 bits per heavy atom. The van der Waals surface area contributed by atoms with Crippen LogP contribution in [0.2, 0.25) is 0 Å². The fourth-order valence-corrected chi connectivity index (χ4v) is 2.35. The Morgan fingerprint density at radius 1 is 1.00 bits per heavy atom. The highest BCUT2D eigenvalue weighted by atomic mass is 16.5. The molecule has 1 heterocycles. The van der Waals surface area contributed by atoms with Crippen LogP contribution < -0.4 is 15.0 Å². The van der Waals surface area contributed by atoms with Gasteiger partial charge in [-0.05, 0) is 61.9 Å². The van der Waals surface area contributed by atoms with E-state index in [1.54, 1.807) is 25.2 Å². The summed E-state index contributed by atoms with van der Waals surface area (Å²) in [6.07, 6.45) is 0. The molecule has 0 radical (unpaired) electrons. The maximum absolute atomic E-state index is 12.4. The molecule has 3 rings (SSSR count). The lowest BCUT2D eigenvalue weighted by molar-refractivity contribution is 0.258. The topological polar surface area (TPSA) is 67.4 Å². The second-order valence-electron chi connectivity index (χ2n) is 5.97. The Labute approximate surface area is 152 Å². The minimum absolute atomic E-state index is 0.214. The summed E-state index contributed by atoms with van der Waals surface area (Å²) < 4.78 is 5.64. The number of nitrogens with one attached hydrogen (secondary N) is 1. The third-order valence-corrected chi connectivity index (χ3v) is 3.79. The van der Waals surface area contributed by atoms with Crippen LogP contribution in [0.15, 0.2) is 60.7 Å². The first-order valence-electron chi connectivity index (χ1n) is 8.21. The number of hydrogen-bond donors (Lipinski definition) is 1. The summed E-state index contributed by atoms with van der Waals surface area (Å²) in [6.45, 7) is 3.85. The second-order valence-corrected chi connectivity index (χ2v) is 5.97. The van der Waals surface area contributed by atoms with Crippen molar-refractivity contribution in [2.45, 2.75) is 13.8 Å². The SMILES string of the molecule is Cc1cccc(NC(=O)N(C)c2ccc(Oc3ccc(C)nn3)cc2)c1. The minimum atomic E-state index is -0.214. The van der Waals surface area contributed by atoms with Crippen LogP contribution in [0.4, 0.5) is 16.2 Å². The van der Waals surface area contributed by atoms with E-state index in [0.29, 0.717) is 11.6 Å². The second kappa shape index (κ2) is 7.65. The Morgan fingerprint density at radius 2 is 1.77 bits per heavy atom. The van der Waals surface area contributed by atoms with Crippen LogP contribution in [0.25, 0.3) is 0 Å². The zero-order valence-corrected chi connectivity index (χ0v) is 14.9. The molecule has 0 aliphatic carbocycles. The Kier molecular flexibility index (Phi) is 5.12. The smallest absolute Gasteiger partial charge is 0.326 e. The van der Waals surface area contributed by atoms with Gasteiger partial charge in [-0.1, -0.05) is 12.1 Å². The lowest BCUT2D eigenvalue weighted by Gasteiger charge is -2.18. The molecule has 26 heavy (non-hydrogen) atoms. The monoisotopic (exact) mass is 348 g/mol. The third-order valence-electron chi connectivity index (χ3n) is 3.79. The summed E-state index contributed by atoms with van der Waals surface area (Å²) in [6, 6.07) is 18.2. The van der Waals surface area contributed by atoms with Crippen molar-refractivity contribution in [3.8, 4) is 11.6 Å². The summed E-state index contributed by atoms with van der Waals surface area (Å²) >= 11 is 0. The molecular weight excluding hydrogens is 328 g/mol. The van der Waals surface area contributed by atoms with Crippen molar-refractivity contribution in [2.75, 3.05) is 17.3 Å². The molecule has 0 saturated heterocycles. The van der Waals surface area contributed by atoms with Crippen molar-refractivity contribution in [3.05, 3.63) is 71.9 Å². The van der Waals surface area contributed by atoms with E-state index in [1.807, 2.05) is 56.3 Å². The maximum atomic E-state index is 12.4. The fraction of sp³-hybridized carbons (Fsp3) is 0.150. The number of urea groups is 1. The molecule has 0 bridgehead atoms. The van der Waals surface area contributed by atoms with Crippen LogP contribution in [0.3, 0.4) is 0 Å². The zero-order valence-electron chi connectivity index (χ0n) is 14.9. The molecule has 0 aliphatic heterocycles. The largest absolute Gasteiger partial charge is 0.438 e. The van der Waals surface area contributed by atoms with Crippen LogP contribution in [0, 0.1) is 13.8 Å². The molecule has 2 aromatic carbocycles. The van der Waals surface area contributed by atoms with Crippen molar-refractivity contribution in [1.82, 2.24) is 10.2 Å². The number of aromatic nitrogens is 2. The highest BCUT2D eigenvalue weighted by molar-refractivity contribution is 6.01. The third kappa shape index (κ3) is 4.36. The molecule has 2 amide bonds. The van der Waals surface area contributed by atoms with Gasteiger partial charge in [-0.2, -0.15) is 5.10 Å². The molecule has 1 N–H and O–H groups in total. The van der Waals surface area contributed by atoms with E-state index in [0.717, 1.165) is 22.6 Å². The van der Waals surface area contributed by atoms with Crippen molar-refractivity contribution in [2.24, 2.45) is 0 Å². The van der Waals surface area contributed by atoms with Crippen LogP contribution in [-0.2, 0) is 0 Å². The molecule has 0 aliphatic rings. The summed E-state index contributed by atoms with van der Waals surface area (Å²) in [5.74, 6) is 1.05. The molecule has 0 atom stereocenters. The van der Waals surface area contributed by atoms with E-state index in [4.69, 9.17) is 4.74 Å². The van der Waals surface area contributed by atoms with Gasteiger partial charge in [0.1, 0.15) is 5.75 Å². The van der Waals surface area contributed by atoms with E-state index in [1.165, 1.54) is 4.90 Å². The van der Waals surface area contributed by atoms with E-state index in [-0.39, 0.29) is 6.03 Å². The van der Waals surface area contributed by atoms with E-state index >= 15 is 0 Å². The molecule has 3 aromatic rings. The maximum Gasteiger partial charge on any atom is 0.326 e. The summed E-state index contributed by atoms with van der Waals surface area (Å²) in [4.78, 5) is 13.9.